The van der Waals surface area contributed by atoms with E-state index in [9.17, 15) is 10.1 Å². The minimum atomic E-state index is -0.348. The topological polar surface area (TPSA) is 68.1 Å². The Kier molecular flexibility index (Phi) is 4.57. The van der Waals surface area contributed by atoms with Crippen molar-refractivity contribution < 1.29 is 4.92 Å². The van der Waals surface area contributed by atoms with Gasteiger partial charge in [0.05, 0.1) is 22.7 Å². The average molecular weight is 350 g/mol. The normalized spacial score (nSPS) is 10.5. The van der Waals surface area contributed by atoms with Gasteiger partial charge in [0.2, 0.25) is 0 Å². The van der Waals surface area contributed by atoms with Crippen molar-refractivity contribution in [3.63, 3.8) is 0 Å². The van der Waals surface area contributed by atoms with E-state index in [0.29, 0.717) is 23.4 Å². The summed E-state index contributed by atoms with van der Waals surface area (Å²) in [6.45, 7) is 5.90. The Balaban J connectivity index is 2.22. The van der Waals surface area contributed by atoms with Gasteiger partial charge < -0.3 is 5.32 Å². The third-order valence-electron chi connectivity index (χ3n) is 3.38. The van der Waals surface area contributed by atoms with Gasteiger partial charge >= 0.3 is 0 Å². The van der Waals surface area contributed by atoms with Gasteiger partial charge in [-0.3, -0.25) is 15.1 Å². The maximum Gasteiger partial charge on any atom is 0.278 e. The van der Waals surface area contributed by atoms with E-state index < -0.39 is 0 Å². The summed E-state index contributed by atoms with van der Waals surface area (Å²) in [5, 5.41) is 14.4. The zero-order chi connectivity index (χ0) is 15.6. The van der Waals surface area contributed by atoms with Crippen molar-refractivity contribution in [2.45, 2.75) is 27.3 Å². The molecule has 0 radical (unpaired) electrons. The molecule has 0 aliphatic heterocycles. The molecular formula is C15H16BrN3O2. The number of anilines is 1. The minimum absolute atomic E-state index is 0.147. The summed E-state index contributed by atoms with van der Waals surface area (Å²) in [6.07, 6.45) is 1.55. The van der Waals surface area contributed by atoms with Gasteiger partial charge in [-0.1, -0.05) is 15.9 Å². The van der Waals surface area contributed by atoms with Gasteiger partial charge in [-0.05, 0) is 44.5 Å². The molecule has 0 saturated carbocycles. The molecule has 0 saturated heterocycles. The maximum absolute atomic E-state index is 11.1. The molecule has 2 aromatic rings. The molecule has 5 nitrogen and oxygen atoms in total. The van der Waals surface area contributed by atoms with Crippen LogP contribution in [0.15, 0.2) is 28.9 Å². The van der Waals surface area contributed by atoms with E-state index >= 15 is 0 Å². The third kappa shape index (κ3) is 3.39. The van der Waals surface area contributed by atoms with Crippen molar-refractivity contribution in [3.8, 4) is 0 Å². The number of nitrogens with one attached hydrogen (secondary N) is 1. The summed E-state index contributed by atoms with van der Waals surface area (Å²) >= 11 is 3.46. The van der Waals surface area contributed by atoms with Crippen LogP contribution in [0.1, 0.15) is 22.4 Å². The number of benzene rings is 1. The van der Waals surface area contributed by atoms with Crippen LogP contribution in [0, 0.1) is 30.9 Å². The fourth-order valence-electron chi connectivity index (χ4n) is 2.16. The quantitative estimate of drug-likeness (QED) is 0.660. The number of hydrogen-bond acceptors (Lipinski definition) is 4. The van der Waals surface area contributed by atoms with E-state index in [4.69, 9.17) is 0 Å². The van der Waals surface area contributed by atoms with Gasteiger partial charge in [0.25, 0.3) is 5.69 Å². The molecule has 1 aromatic carbocycles. The largest absolute Gasteiger partial charge is 0.379 e. The van der Waals surface area contributed by atoms with E-state index in [2.05, 4.69) is 26.2 Å². The molecule has 2 rings (SSSR count). The monoisotopic (exact) mass is 349 g/mol. The molecule has 0 amide bonds. The molecule has 0 aliphatic carbocycles. The van der Waals surface area contributed by atoms with Crippen LogP contribution in [0.3, 0.4) is 0 Å². The zero-order valence-corrected chi connectivity index (χ0v) is 13.7. The molecule has 1 N–H and O–H groups in total. The molecule has 6 heteroatoms. The highest BCUT2D eigenvalue weighted by molar-refractivity contribution is 9.10. The Morgan fingerprint density at radius 2 is 2.00 bits per heavy atom. The summed E-state index contributed by atoms with van der Waals surface area (Å²) in [5.41, 5.74) is 4.11. The van der Waals surface area contributed by atoms with Crippen LogP contribution in [0.2, 0.25) is 0 Å². The Bertz CT molecular complexity index is 702. The molecule has 0 bridgehead atoms. The van der Waals surface area contributed by atoms with Crippen molar-refractivity contribution in [2.75, 3.05) is 5.32 Å². The van der Waals surface area contributed by atoms with Gasteiger partial charge in [-0.25, -0.2) is 0 Å². The van der Waals surface area contributed by atoms with E-state index in [1.54, 1.807) is 20.0 Å². The Morgan fingerprint density at radius 3 is 2.62 bits per heavy atom. The molecular weight excluding hydrogens is 334 g/mol. The molecule has 21 heavy (non-hydrogen) atoms. The lowest BCUT2D eigenvalue weighted by molar-refractivity contribution is -0.386. The van der Waals surface area contributed by atoms with E-state index in [1.165, 1.54) is 0 Å². The van der Waals surface area contributed by atoms with Crippen molar-refractivity contribution in [2.24, 2.45) is 0 Å². The van der Waals surface area contributed by atoms with Crippen LogP contribution in [-0.4, -0.2) is 9.91 Å². The molecule has 0 atom stereocenters. The second-order valence-corrected chi connectivity index (χ2v) is 5.79. The molecule has 110 valence electrons. The fourth-order valence-corrected chi connectivity index (χ4v) is 2.41. The number of hydrogen-bond donors (Lipinski definition) is 1. The standard InChI is InChI=1S/C15H16BrN3O2/c1-9-6-12(4-5-13(9)16)17-8-14-11(3)15(19(20)21)10(2)7-18-14/h4-7,17H,8H2,1-3H3. The Morgan fingerprint density at radius 1 is 1.29 bits per heavy atom. The second kappa shape index (κ2) is 6.22. The van der Waals surface area contributed by atoms with Crippen LogP contribution in [0.25, 0.3) is 0 Å². The molecule has 0 spiro atoms. The van der Waals surface area contributed by atoms with Crippen LogP contribution < -0.4 is 5.32 Å². The number of aromatic nitrogens is 1. The predicted octanol–water partition coefficient (Wildman–Crippen LogP) is 4.29. The van der Waals surface area contributed by atoms with Crippen molar-refractivity contribution in [1.29, 1.82) is 0 Å². The van der Waals surface area contributed by atoms with Gasteiger partial charge in [-0.2, -0.15) is 0 Å². The third-order valence-corrected chi connectivity index (χ3v) is 4.27. The lowest BCUT2D eigenvalue weighted by Gasteiger charge is -2.10. The van der Waals surface area contributed by atoms with Gasteiger partial charge in [-0.15, -0.1) is 0 Å². The van der Waals surface area contributed by atoms with Crippen molar-refractivity contribution in [3.05, 3.63) is 61.4 Å². The fraction of sp³-hybridized carbons (Fsp3) is 0.267. The van der Waals surface area contributed by atoms with Gasteiger partial charge in [0.1, 0.15) is 0 Å². The number of pyridine rings is 1. The molecule has 0 unspecified atom stereocenters. The van der Waals surface area contributed by atoms with Crippen LogP contribution in [-0.2, 0) is 6.54 Å². The predicted molar refractivity (Wildman–Crippen MR) is 86.6 cm³/mol. The SMILES string of the molecule is Cc1cc(NCc2ncc(C)c([N+](=O)[O-])c2C)ccc1Br. The average Bonchev–Trinajstić information content (AvgIpc) is 2.41. The first-order valence-electron chi connectivity index (χ1n) is 6.49. The lowest BCUT2D eigenvalue weighted by atomic mass is 10.1. The number of nitro groups is 1. The van der Waals surface area contributed by atoms with Crippen molar-refractivity contribution >= 4 is 27.3 Å². The summed E-state index contributed by atoms with van der Waals surface area (Å²) in [7, 11) is 0. The second-order valence-electron chi connectivity index (χ2n) is 4.94. The highest BCUT2D eigenvalue weighted by atomic mass is 79.9. The summed E-state index contributed by atoms with van der Waals surface area (Å²) in [4.78, 5) is 15.1. The zero-order valence-electron chi connectivity index (χ0n) is 12.1. The first kappa shape index (κ1) is 15.4. The van der Waals surface area contributed by atoms with E-state index in [-0.39, 0.29) is 10.6 Å². The first-order valence-corrected chi connectivity index (χ1v) is 7.29. The smallest absolute Gasteiger partial charge is 0.278 e. The maximum atomic E-state index is 11.1. The number of aryl methyl sites for hydroxylation is 2. The molecule has 0 fully saturated rings. The summed E-state index contributed by atoms with van der Waals surface area (Å²) in [5.74, 6) is 0. The number of nitrogens with zero attached hydrogens (tertiary/aromatic N) is 2. The van der Waals surface area contributed by atoms with E-state index in [0.717, 1.165) is 15.7 Å². The summed E-state index contributed by atoms with van der Waals surface area (Å²) < 4.78 is 1.05. The minimum Gasteiger partial charge on any atom is -0.379 e. The highest BCUT2D eigenvalue weighted by Crippen LogP contribution is 2.25. The van der Waals surface area contributed by atoms with Crippen LogP contribution in [0.4, 0.5) is 11.4 Å². The first-order chi connectivity index (χ1) is 9.90. The van der Waals surface area contributed by atoms with Crippen LogP contribution in [0.5, 0.6) is 0 Å². The van der Waals surface area contributed by atoms with E-state index in [1.807, 2.05) is 25.1 Å². The Labute approximate surface area is 131 Å². The number of rotatable bonds is 4. The lowest BCUT2D eigenvalue weighted by Crippen LogP contribution is -2.07. The number of halogens is 1. The summed E-state index contributed by atoms with van der Waals surface area (Å²) in [6, 6.07) is 5.94. The molecule has 0 aliphatic rings. The molecule has 1 heterocycles. The highest BCUT2D eigenvalue weighted by Gasteiger charge is 2.18. The molecule has 1 aromatic heterocycles. The van der Waals surface area contributed by atoms with Gasteiger partial charge in [0, 0.05) is 21.9 Å². The van der Waals surface area contributed by atoms with Crippen LogP contribution >= 0.6 is 15.9 Å². The van der Waals surface area contributed by atoms with Gasteiger partial charge in [0.15, 0.2) is 0 Å². The Hall–Kier alpha value is -1.95. The van der Waals surface area contributed by atoms with Crippen molar-refractivity contribution in [1.82, 2.24) is 4.98 Å².